The highest BCUT2D eigenvalue weighted by molar-refractivity contribution is 5.20. The smallest absolute Gasteiger partial charge is 0.118 e. The van der Waals surface area contributed by atoms with E-state index in [1.54, 1.807) is 0 Å². The van der Waals surface area contributed by atoms with E-state index in [1.165, 1.54) is 6.42 Å². The number of ether oxygens (including phenoxy) is 1. The monoisotopic (exact) mass is 253 g/mol. The van der Waals surface area contributed by atoms with E-state index >= 15 is 0 Å². The number of rotatable bonds is 7. The fourth-order valence-corrected chi connectivity index (χ4v) is 1.60. The first-order chi connectivity index (χ1) is 8.42. The van der Waals surface area contributed by atoms with Crippen molar-refractivity contribution in [2.75, 3.05) is 6.61 Å². The molecule has 0 aliphatic rings. The number of hydrogen-bond acceptors (Lipinski definition) is 3. The van der Waals surface area contributed by atoms with Gasteiger partial charge in [0.1, 0.15) is 11.5 Å². The van der Waals surface area contributed by atoms with Crippen molar-refractivity contribution >= 4 is 0 Å². The Balaban J connectivity index is 2.43. The summed E-state index contributed by atoms with van der Waals surface area (Å²) in [6.45, 7) is 12.9. The number of aryl methyl sites for hydroxylation is 1. The van der Waals surface area contributed by atoms with E-state index in [0.717, 1.165) is 36.7 Å². The topological polar surface area (TPSA) is 34.4 Å². The van der Waals surface area contributed by atoms with Crippen molar-refractivity contribution in [1.82, 2.24) is 5.32 Å². The van der Waals surface area contributed by atoms with Crippen LogP contribution in [0.5, 0.6) is 0 Å². The quantitative estimate of drug-likeness (QED) is 0.751. The molecule has 0 fully saturated rings. The summed E-state index contributed by atoms with van der Waals surface area (Å²) in [7, 11) is 0. The van der Waals surface area contributed by atoms with Gasteiger partial charge in [0.25, 0.3) is 0 Å². The van der Waals surface area contributed by atoms with Crippen molar-refractivity contribution < 1.29 is 9.15 Å². The van der Waals surface area contributed by atoms with Crippen molar-refractivity contribution in [3.63, 3.8) is 0 Å². The summed E-state index contributed by atoms with van der Waals surface area (Å²) in [5.41, 5.74) is 1.27. The van der Waals surface area contributed by atoms with Crippen LogP contribution in [0.25, 0.3) is 0 Å². The molecule has 0 aromatic carbocycles. The minimum atomic E-state index is 0.110. The van der Waals surface area contributed by atoms with Gasteiger partial charge in [-0.05, 0) is 40.2 Å². The highest BCUT2D eigenvalue weighted by Crippen LogP contribution is 2.16. The molecule has 0 spiro atoms. The lowest BCUT2D eigenvalue weighted by Gasteiger charge is -2.19. The van der Waals surface area contributed by atoms with Crippen molar-refractivity contribution in [3.05, 3.63) is 23.2 Å². The number of nitrogens with one attached hydrogen (secondary N) is 1. The predicted molar refractivity (Wildman–Crippen MR) is 74.6 cm³/mol. The number of hydrogen-bond donors (Lipinski definition) is 1. The van der Waals surface area contributed by atoms with Gasteiger partial charge in [0.15, 0.2) is 0 Å². The molecular formula is C15H27NO2. The second kappa shape index (κ2) is 6.95. The molecule has 0 saturated carbocycles. The largest absolute Gasteiger partial charge is 0.465 e. The Hall–Kier alpha value is -0.800. The molecule has 0 radical (unpaired) electrons. The van der Waals surface area contributed by atoms with Gasteiger partial charge >= 0.3 is 0 Å². The van der Waals surface area contributed by atoms with E-state index in [0.29, 0.717) is 6.61 Å². The SMILES string of the molecule is CCCCOCc1cc(CNC(C)(C)C)oc1C. The first-order valence-corrected chi connectivity index (χ1v) is 6.83. The molecule has 1 heterocycles. The lowest BCUT2D eigenvalue weighted by molar-refractivity contribution is 0.117. The number of unbranched alkanes of at least 4 members (excludes halogenated alkanes) is 1. The van der Waals surface area contributed by atoms with Crippen molar-refractivity contribution in [2.45, 2.75) is 66.2 Å². The minimum Gasteiger partial charge on any atom is -0.465 e. The normalized spacial score (nSPS) is 12.1. The molecule has 18 heavy (non-hydrogen) atoms. The maximum absolute atomic E-state index is 5.72. The van der Waals surface area contributed by atoms with Gasteiger partial charge in [-0.1, -0.05) is 13.3 Å². The van der Waals surface area contributed by atoms with Gasteiger partial charge in [0.2, 0.25) is 0 Å². The van der Waals surface area contributed by atoms with E-state index < -0.39 is 0 Å². The van der Waals surface area contributed by atoms with Crippen LogP contribution < -0.4 is 5.32 Å². The standard InChI is InChI=1S/C15H27NO2/c1-6-7-8-17-11-13-9-14(18-12(13)2)10-16-15(3,4)5/h9,16H,6-8,10-11H2,1-5H3. The first-order valence-electron chi connectivity index (χ1n) is 6.83. The van der Waals surface area contributed by atoms with Gasteiger partial charge < -0.3 is 14.5 Å². The zero-order valence-electron chi connectivity index (χ0n) is 12.4. The van der Waals surface area contributed by atoms with E-state index in [1.807, 2.05) is 6.92 Å². The van der Waals surface area contributed by atoms with Gasteiger partial charge in [-0.15, -0.1) is 0 Å². The Bertz CT molecular complexity index is 350. The molecule has 1 aromatic rings. The first kappa shape index (κ1) is 15.3. The summed E-state index contributed by atoms with van der Waals surface area (Å²) in [6.07, 6.45) is 2.29. The van der Waals surface area contributed by atoms with Crippen LogP contribution in [0.4, 0.5) is 0 Å². The molecule has 0 aliphatic carbocycles. The molecule has 1 aromatic heterocycles. The van der Waals surface area contributed by atoms with Crippen LogP contribution >= 0.6 is 0 Å². The summed E-state index contributed by atoms with van der Waals surface area (Å²) >= 11 is 0. The fraction of sp³-hybridized carbons (Fsp3) is 0.733. The summed E-state index contributed by atoms with van der Waals surface area (Å²) < 4.78 is 11.3. The van der Waals surface area contributed by atoms with Crippen molar-refractivity contribution in [2.24, 2.45) is 0 Å². The average molecular weight is 253 g/mol. The summed E-state index contributed by atoms with van der Waals surface area (Å²) in [5, 5.41) is 3.42. The fourth-order valence-electron chi connectivity index (χ4n) is 1.60. The van der Waals surface area contributed by atoms with E-state index in [2.05, 4.69) is 39.1 Å². The molecule has 0 amide bonds. The van der Waals surface area contributed by atoms with Crippen LogP contribution in [0, 0.1) is 6.92 Å². The molecule has 0 atom stereocenters. The lowest BCUT2D eigenvalue weighted by Crippen LogP contribution is -2.34. The van der Waals surface area contributed by atoms with E-state index in [4.69, 9.17) is 9.15 Å². The molecule has 104 valence electrons. The number of furan rings is 1. The molecular weight excluding hydrogens is 226 g/mol. The van der Waals surface area contributed by atoms with Gasteiger partial charge in [0.05, 0.1) is 13.2 Å². The second-order valence-corrected chi connectivity index (χ2v) is 5.80. The summed E-state index contributed by atoms with van der Waals surface area (Å²) in [6, 6.07) is 2.10. The molecule has 3 nitrogen and oxygen atoms in total. The third kappa shape index (κ3) is 5.69. The van der Waals surface area contributed by atoms with Crippen molar-refractivity contribution in [3.8, 4) is 0 Å². The summed E-state index contributed by atoms with van der Waals surface area (Å²) in [4.78, 5) is 0. The Morgan fingerprint density at radius 3 is 2.67 bits per heavy atom. The second-order valence-electron chi connectivity index (χ2n) is 5.80. The molecule has 0 bridgehead atoms. The zero-order valence-corrected chi connectivity index (χ0v) is 12.4. The Labute approximate surface area is 111 Å². The third-order valence-corrected chi connectivity index (χ3v) is 2.76. The van der Waals surface area contributed by atoms with Crippen LogP contribution in [0.1, 0.15) is 57.6 Å². The molecule has 0 unspecified atom stereocenters. The summed E-state index contributed by atoms with van der Waals surface area (Å²) in [5.74, 6) is 1.95. The van der Waals surface area contributed by atoms with Crippen LogP contribution in [-0.2, 0) is 17.9 Å². The Morgan fingerprint density at radius 2 is 2.06 bits per heavy atom. The lowest BCUT2D eigenvalue weighted by atomic mass is 10.1. The van der Waals surface area contributed by atoms with Gasteiger partial charge in [0, 0.05) is 17.7 Å². The maximum Gasteiger partial charge on any atom is 0.118 e. The van der Waals surface area contributed by atoms with Crippen LogP contribution in [0.2, 0.25) is 0 Å². The Kier molecular flexibility index (Phi) is 5.89. The van der Waals surface area contributed by atoms with Crippen LogP contribution in [0.3, 0.4) is 0 Å². The van der Waals surface area contributed by atoms with E-state index in [9.17, 15) is 0 Å². The highest BCUT2D eigenvalue weighted by atomic mass is 16.5. The highest BCUT2D eigenvalue weighted by Gasteiger charge is 2.12. The Morgan fingerprint density at radius 1 is 1.33 bits per heavy atom. The van der Waals surface area contributed by atoms with Gasteiger partial charge in [-0.25, -0.2) is 0 Å². The zero-order chi connectivity index (χ0) is 13.6. The molecule has 3 heteroatoms. The average Bonchev–Trinajstić information content (AvgIpc) is 2.62. The maximum atomic E-state index is 5.72. The molecule has 0 aliphatic heterocycles. The minimum absolute atomic E-state index is 0.110. The molecule has 1 N–H and O–H groups in total. The van der Waals surface area contributed by atoms with Crippen molar-refractivity contribution in [1.29, 1.82) is 0 Å². The van der Waals surface area contributed by atoms with Gasteiger partial charge in [-0.2, -0.15) is 0 Å². The predicted octanol–water partition coefficient (Wildman–Crippen LogP) is 3.79. The van der Waals surface area contributed by atoms with Crippen LogP contribution in [0.15, 0.2) is 10.5 Å². The molecule has 0 saturated heterocycles. The van der Waals surface area contributed by atoms with Gasteiger partial charge in [-0.3, -0.25) is 0 Å². The van der Waals surface area contributed by atoms with Crippen LogP contribution in [-0.4, -0.2) is 12.1 Å². The molecule has 1 rings (SSSR count). The van der Waals surface area contributed by atoms with E-state index in [-0.39, 0.29) is 5.54 Å². The third-order valence-electron chi connectivity index (χ3n) is 2.76.